The summed E-state index contributed by atoms with van der Waals surface area (Å²) in [5.74, 6) is 0. The van der Waals surface area contributed by atoms with Gasteiger partial charge in [0.2, 0.25) is 0 Å². The van der Waals surface area contributed by atoms with Crippen LogP contribution in [-0.4, -0.2) is 26.7 Å². The van der Waals surface area contributed by atoms with Crippen LogP contribution in [0, 0.1) is 0 Å². The molecule has 0 bridgehead atoms. The predicted molar refractivity (Wildman–Crippen MR) is 27.1 cm³/mol. The number of hydrogen-bond donors (Lipinski definition) is 1. The lowest BCUT2D eigenvalue weighted by molar-refractivity contribution is -0.548. The molecular formula is C3H10N2O4. The Morgan fingerprint density at radius 1 is 1.11 bits per heavy atom. The van der Waals surface area contributed by atoms with Gasteiger partial charge >= 0.3 is 0 Å². The smallest absolute Gasteiger partial charge is 0.0961 e. The minimum atomic E-state index is 0.726. The molecule has 0 atom stereocenters. The van der Waals surface area contributed by atoms with Crippen molar-refractivity contribution in [3.63, 3.8) is 0 Å². The summed E-state index contributed by atoms with van der Waals surface area (Å²) in [6.07, 6.45) is 0. The number of hydrogen-bond acceptors (Lipinski definition) is 6. The van der Waals surface area contributed by atoms with Gasteiger partial charge in [0.1, 0.15) is 0 Å². The molecule has 6 heteroatoms. The van der Waals surface area contributed by atoms with Crippen LogP contribution in [-0.2, 0) is 19.5 Å². The molecule has 0 aromatic rings. The van der Waals surface area contributed by atoms with Crippen molar-refractivity contribution in [2.75, 3.05) is 21.3 Å². The number of rotatable bonds is 5. The van der Waals surface area contributed by atoms with E-state index in [0.29, 0.717) is 0 Å². The topological polar surface area (TPSA) is 52.2 Å². The van der Waals surface area contributed by atoms with E-state index in [1.54, 1.807) is 0 Å². The first-order valence-electron chi connectivity index (χ1n) is 2.18. The number of nitrogens with one attached hydrogen (secondary N) is 1. The first kappa shape index (κ1) is 8.76. The van der Waals surface area contributed by atoms with Gasteiger partial charge in [0.25, 0.3) is 0 Å². The first-order chi connectivity index (χ1) is 4.35. The fourth-order valence-electron chi connectivity index (χ4n) is 0.217. The molecule has 0 saturated carbocycles. The first-order valence-corrected chi connectivity index (χ1v) is 2.18. The zero-order valence-corrected chi connectivity index (χ0v) is 5.58. The van der Waals surface area contributed by atoms with E-state index in [4.69, 9.17) is 0 Å². The van der Waals surface area contributed by atoms with Gasteiger partial charge in [-0.25, -0.2) is 0 Å². The third-order valence-electron chi connectivity index (χ3n) is 0.493. The Kier molecular flexibility index (Phi) is 5.73. The monoisotopic (exact) mass is 138 g/mol. The highest BCUT2D eigenvalue weighted by Crippen LogP contribution is 1.84. The Labute approximate surface area is 53.0 Å². The van der Waals surface area contributed by atoms with Crippen molar-refractivity contribution in [1.29, 1.82) is 0 Å². The Morgan fingerprint density at radius 3 is 2.00 bits per heavy atom. The Bertz CT molecular complexity index is 57.8. The third kappa shape index (κ3) is 4.28. The lowest BCUT2D eigenvalue weighted by Crippen LogP contribution is -2.29. The highest BCUT2D eigenvalue weighted by molar-refractivity contribution is 3.73. The lowest BCUT2D eigenvalue weighted by Gasteiger charge is -2.12. The maximum absolute atomic E-state index is 4.45. The molecule has 0 aromatic heterocycles. The summed E-state index contributed by atoms with van der Waals surface area (Å²) in [5.41, 5.74) is 2.03. The van der Waals surface area contributed by atoms with Gasteiger partial charge in [-0.1, -0.05) is 5.64 Å². The van der Waals surface area contributed by atoms with Crippen molar-refractivity contribution in [2.45, 2.75) is 0 Å². The Morgan fingerprint density at radius 2 is 1.67 bits per heavy atom. The quantitative estimate of drug-likeness (QED) is 0.512. The molecule has 9 heavy (non-hydrogen) atoms. The third-order valence-corrected chi connectivity index (χ3v) is 0.493. The summed E-state index contributed by atoms with van der Waals surface area (Å²) >= 11 is 0. The molecule has 0 aliphatic heterocycles. The van der Waals surface area contributed by atoms with Crippen LogP contribution in [0.5, 0.6) is 0 Å². The average molecular weight is 138 g/mol. The molecule has 6 nitrogen and oxygen atoms in total. The van der Waals surface area contributed by atoms with Crippen LogP contribution >= 0.6 is 0 Å². The highest BCUT2D eigenvalue weighted by Gasteiger charge is 1.98. The van der Waals surface area contributed by atoms with Crippen molar-refractivity contribution in [3.8, 4) is 0 Å². The van der Waals surface area contributed by atoms with Gasteiger partial charge in [0.15, 0.2) is 0 Å². The van der Waals surface area contributed by atoms with E-state index in [2.05, 4.69) is 19.5 Å². The number of nitrogens with zero attached hydrogens (tertiary/aromatic N) is 1. The molecule has 0 aliphatic carbocycles. The van der Waals surface area contributed by atoms with E-state index in [0.717, 1.165) is 5.39 Å². The van der Waals surface area contributed by atoms with Crippen LogP contribution in [0.4, 0.5) is 0 Å². The van der Waals surface area contributed by atoms with Crippen LogP contribution in [0.1, 0.15) is 0 Å². The van der Waals surface area contributed by atoms with Gasteiger partial charge in [-0.3, -0.25) is 14.5 Å². The van der Waals surface area contributed by atoms with Crippen LogP contribution in [0.3, 0.4) is 0 Å². The van der Waals surface area contributed by atoms with E-state index >= 15 is 0 Å². The van der Waals surface area contributed by atoms with Crippen molar-refractivity contribution in [3.05, 3.63) is 0 Å². The summed E-state index contributed by atoms with van der Waals surface area (Å²) < 4.78 is 0. The molecule has 0 fully saturated rings. The molecular weight excluding hydrogens is 128 g/mol. The minimum absolute atomic E-state index is 0.726. The molecule has 0 spiro atoms. The largest absolute Gasteiger partial charge is 0.278 e. The van der Waals surface area contributed by atoms with Crippen LogP contribution < -0.4 is 5.64 Å². The molecule has 56 valence electrons. The molecule has 0 aromatic carbocycles. The lowest BCUT2D eigenvalue weighted by atomic mass is 11.7. The van der Waals surface area contributed by atoms with E-state index in [1.165, 1.54) is 21.3 Å². The standard InChI is InChI=1S/C3H10N2O4/c1-6-4-9-5(7-2)8-3/h4H,1-3H3. The van der Waals surface area contributed by atoms with Gasteiger partial charge < -0.3 is 0 Å². The molecule has 0 aliphatic rings. The molecule has 0 heterocycles. The fourth-order valence-corrected chi connectivity index (χ4v) is 0.217. The molecule has 1 N–H and O–H groups in total. The van der Waals surface area contributed by atoms with Crippen LogP contribution in [0.25, 0.3) is 0 Å². The summed E-state index contributed by atoms with van der Waals surface area (Å²) in [6, 6.07) is 0. The van der Waals surface area contributed by atoms with Gasteiger partial charge in [-0.05, 0) is 0 Å². The Balaban J connectivity index is 3.09. The van der Waals surface area contributed by atoms with E-state index in [1.807, 2.05) is 5.64 Å². The molecule has 0 saturated heterocycles. The van der Waals surface area contributed by atoms with Crippen molar-refractivity contribution in [1.82, 2.24) is 11.0 Å². The van der Waals surface area contributed by atoms with Crippen molar-refractivity contribution >= 4 is 0 Å². The normalized spacial score (nSPS) is 10.7. The van der Waals surface area contributed by atoms with Gasteiger partial charge in [0.05, 0.1) is 26.7 Å². The summed E-state index contributed by atoms with van der Waals surface area (Å²) in [6.45, 7) is 0. The molecule has 0 amide bonds. The van der Waals surface area contributed by atoms with Gasteiger partial charge in [-0.2, -0.15) is 0 Å². The zero-order valence-electron chi connectivity index (χ0n) is 5.58. The second-order valence-electron chi connectivity index (χ2n) is 0.967. The summed E-state index contributed by atoms with van der Waals surface area (Å²) in [7, 11) is 4.14. The van der Waals surface area contributed by atoms with Crippen LogP contribution in [0.2, 0.25) is 0 Å². The van der Waals surface area contributed by atoms with Crippen molar-refractivity contribution < 1.29 is 19.5 Å². The molecule has 0 unspecified atom stereocenters. The van der Waals surface area contributed by atoms with E-state index in [-0.39, 0.29) is 0 Å². The van der Waals surface area contributed by atoms with Gasteiger partial charge in [-0.15, -0.1) is 4.94 Å². The van der Waals surface area contributed by atoms with E-state index in [9.17, 15) is 0 Å². The van der Waals surface area contributed by atoms with Gasteiger partial charge in [0, 0.05) is 0 Å². The summed E-state index contributed by atoms with van der Waals surface area (Å²) in [4.78, 5) is 17.6. The van der Waals surface area contributed by atoms with Crippen LogP contribution in [0.15, 0.2) is 0 Å². The predicted octanol–water partition coefficient (Wildman–Crippen LogP) is -0.591. The fraction of sp³-hybridized carbons (Fsp3) is 1.00. The maximum atomic E-state index is 4.45. The second-order valence-corrected chi connectivity index (χ2v) is 0.967. The summed E-state index contributed by atoms with van der Waals surface area (Å²) in [5, 5.41) is 0.726. The minimum Gasteiger partial charge on any atom is -0.278 e. The maximum Gasteiger partial charge on any atom is 0.0961 e. The zero-order chi connectivity index (χ0) is 7.11. The Hall–Kier alpha value is -0.240. The van der Waals surface area contributed by atoms with Crippen molar-refractivity contribution in [2.24, 2.45) is 0 Å². The SMILES string of the molecule is CONON(OC)OC. The molecule has 0 radical (unpaired) electrons. The molecule has 0 rings (SSSR count). The average Bonchev–Trinajstić information content (AvgIpc) is 1.91. The second kappa shape index (κ2) is 5.89. The van der Waals surface area contributed by atoms with E-state index < -0.39 is 0 Å². The highest BCUT2D eigenvalue weighted by atomic mass is 17.2.